The highest BCUT2D eigenvalue weighted by Gasteiger charge is 2.30. The first-order valence-corrected chi connectivity index (χ1v) is 10.6. The van der Waals surface area contributed by atoms with Crippen molar-refractivity contribution in [2.45, 2.75) is 51.8 Å². The first kappa shape index (κ1) is 18.1. The summed E-state index contributed by atoms with van der Waals surface area (Å²) in [4.78, 5) is 4.38. The summed E-state index contributed by atoms with van der Waals surface area (Å²) >= 11 is 0. The molecule has 6 heteroatoms. The highest BCUT2D eigenvalue weighted by molar-refractivity contribution is 7.88. The summed E-state index contributed by atoms with van der Waals surface area (Å²) in [5.74, 6) is 1.10. The van der Waals surface area contributed by atoms with Crippen molar-refractivity contribution in [2.75, 3.05) is 13.1 Å². The summed E-state index contributed by atoms with van der Waals surface area (Å²) in [6.45, 7) is 7.29. The summed E-state index contributed by atoms with van der Waals surface area (Å²) in [7, 11) is -3.31. The van der Waals surface area contributed by atoms with E-state index in [-0.39, 0.29) is 11.8 Å². The van der Waals surface area contributed by atoms with Crippen LogP contribution in [-0.4, -0.2) is 35.4 Å². The Balaban J connectivity index is 1.76. The second kappa shape index (κ2) is 7.30. The van der Waals surface area contributed by atoms with Crippen LogP contribution in [0.25, 0.3) is 0 Å². The summed E-state index contributed by atoms with van der Waals surface area (Å²) in [5, 5.41) is 0. The Bertz CT molecular complexity index is 842. The predicted octanol–water partition coefficient (Wildman–Crippen LogP) is 3.23. The van der Waals surface area contributed by atoms with E-state index in [9.17, 15) is 8.42 Å². The van der Waals surface area contributed by atoms with Crippen LogP contribution in [0.1, 0.15) is 48.3 Å². The average molecular weight is 362 g/mol. The molecule has 1 aromatic carbocycles. The highest BCUT2D eigenvalue weighted by atomic mass is 32.2. The molecule has 0 radical (unpaired) electrons. The van der Waals surface area contributed by atoms with Gasteiger partial charge >= 0.3 is 0 Å². The molecule has 1 fully saturated rings. The molecule has 0 spiro atoms. The van der Waals surface area contributed by atoms with Gasteiger partial charge in [-0.25, -0.2) is 13.4 Å². The van der Waals surface area contributed by atoms with Gasteiger partial charge in [-0.15, -0.1) is 0 Å². The summed E-state index contributed by atoms with van der Waals surface area (Å²) in [6.07, 6.45) is 6.53. The van der Waals surface area contributed by atoms with Crippen molar-refractivity contribution < 1.29 is 8.42 Å². The van der Waals surface area contributed by atoms with Crippen molar-refractivity contribution in [3.63, 3.8) is 0 Å². The van der Waals surface area contributed by atoms with Gasteiger partial charge in [0.2, 0.25) is 10.0 Å². The van der Waals surface area contributed by atoms with E-state index in [4.69, 9.17) is 0 Å². The van der Waals surface area contributed by atoms with Crippen molar-refractivity contribution >= 4 is 10.0 Å². The van der Waals surface area contributed by atoms with Crippen LogP contribution in [0.5, 0.6) is 0 Å². The molecule has 2 heterocycles. The summed E-state index contributed by atoms with van der Waals surface area (Å²) < 4.78 is 29.7. The maximum absolute atomic E-state index is 12.9. The SMILES string of the molecule is CCc1nccn1[C@H]1CCCN(S(=O)(=O)Cc2ccc(C)c(C)c2)C1. The van der Waals surface area contributed by atoms with Crippen LogP contribution < -0.4 is 0 Å². The van der Waals surface area contributed by atoms with E-state index < -0.39 is 10.0 Å². The molecule has 136 valence electrons. The number of nitrogens with zero attached hydrogens (tertiary/aromatic N) is 3. The number of benzene rings is 1. The molecule has 25 heavy (non-hydrogen) atoms. The fourth-order valence-corrected chi connectivity index (χ4v) is 5.14. The first-order valence-electron chi connectivity index (χ1n) is 8.96. The zero-order chi connectivity index (χ0) is 18.0. The van der Waals surface area contributed by atoms with Gasteiger partial charge in [-0.05, 0) is 43.4 Å². The zero-order valence-corrected chi connectivity index (χ0v) is 16.1. The van der Waals surface area contributed by atoms with Gasteiger partial charge in [-0.2, -0.15) is 4.31 Å². The van der Waals surface area contributed by atoms with Crippen molar-refractivity contribution in [1.82, 2.24) is 13.9 Å². The van der Waals surface area contributed by atoms with E-state index in [2.05, 4.69) is 16.5 Å². The van der Waals surface area contributed by atoms with Gasteiger partial charge in [0.15, 0.2) is 0 Å². The third-order valence-electron chi connectivity index (χ3n) is 5.13. The van der Waals surface area contributed by atoms with Gasteiger partial charge in [0, 0.05) is 37.9 Å². The normalized spacial score (nSPS) is 19.2. The van der Waals surface area contributed by atoms with Crippen LogP contribution in [0.4, 0.5) is 0 Å². The Morgan fingerprint density at radius 3 is 2.76 bits per heavy atom. The second-order valence-electron chi connectivity index (χ2n) is 6.93. The van der Waals surface area contributed by atoms with Crippen LogP contribution >= 0.6 is 0 Å². The molecule has 0 saturated carbocycles. The maximum Gasteiger partial charge on any atom is 0.218 e. The van der Waals surface area contributed by atoms with Crippen LogP contribution in [0.3, 0.4) is 0 Å². The second-order valence-corrected chi connectivity index (χ2v) is 8.90. The van der Waals surface area contributed by atoms with Gasteiger partial charge in [-0.1, -0.05) is 25.1 Å². The number of hydrogen-bond acceptors (Lipinski definition) is 3. The third kappa shape index (κ3) is 3.96. The molecular formula is C19H27N3O2S. The van der Waals surface area contributed by atoms with E-state index in [1.54, 1.807) is 10.5 Å². The molecule has 1 saturated heterocycles. The first-order chi connectivity index (χ1) is 11.9. The van der Waals surface area contributed by atoms with Gasteiger partial charge in [-0.3, -0.25) is 0 Å². The fraction of sp³-hybridized carbons (Fsp3) is 0.526. The molecule has 5 nitrogen and oxygen atoms in total. The van der Waals surface area contributed by atoms with Gasteiger partial charge < -0.3 is 4.57 Å². The fourth-order valence-electron chi connectivity index (χ4n) is 3.55. The Hall–Kier alpha value is -1.66. The smallest absolute Gasteiger partial charge is 0.218 e. The van der Waals surface area contributed by atoms with E-state index in [1.807, 2.05) is 38.2 Å². The number of imidazole rings is 1. The third-order valence-corrected chi connectivity index (χ3v) is 6.95. The molecule has 1 aromatic heterocycles. The number of hydrogen-bond donors (Lipinski definition) is 0. The molecule has 0 bridgehead atoms. The minimum Gasteiger partial charge on any atom is -0.331 e. The summed E-state index contributed by atoms with van der Waals surface area (Å²) in [5.41, 5.74) is 3.18. The van der Waals surface area contributed by atoms with Crippen molar-refractivity contribution in [3.05, 3.63) is 53.1 Å². The highest BCUT2D eigenvalue weighted by Crippen LogP contribution is 2.26. The van der Waals surface area contributed by atoms with Gasteiger partial charge in [0.05, 0.1) is 5.75 Å². The molecule has 1 aliphatic rings. The van der Waals surface area contributed by atoms with Crippen LogP contribution in [-0.2, 0) is 22.2 Å². The zero-order valence-electron chi connectivity index (χ0n) is 15.3. The average Bonchev–Trinajstić information content (AvgIpc) is 3.07. The van der Waals surface area contributed by atoms with E-state index in [0.717, 1.165) is 36.2 Å². The lowest BCUT2D eigenvalue weighted by molar-refractivity contribution is 0.263. The molecule has 2 aromatic rings. The summed E-state index contributed by atoms with van der Waals surface area (Å²) in [6, 6.07) is 6.09. The number of rotatable bonds is 5. The lowest BCUT2D eigenvalue weighted by Gasteiger charge is -2.33. The van der Waals surface area contributed by atoms with E-state index in [1.165, 1.54) is 5.56 Å². The predicted molar refractivity (Wildman–Crippen MR) is 100.0 cm³/mol. The maximum atomic E-state index is 12.9. The topological polar surface area (TPSA) is 55.2 Å². The van der Waals surface area contributed by atoms with Crippen LogP contribution in [0, 0.1) is 13.8 Å². The number of sulfonamides is 1. The Kier molecular flexibility index (Phi) is 5.29. The number of piperidine rings is 1. The van der Waals surface area contributed by atoms with E-state index >= 15 is 0 Å². The molecule has 0 amide bonds. The molecule has 0 unspecified atom stereocenters. The molecule has 3 rings (SSSR count). The minimum absolute atomic E-state index is 0.0748. The molecular weight excluding hydrogens is 334 g/mol. The lowest BCUT2D eigenvalue weighted by Crippen LogP contribution is -2.41. The molecule has 1 atom stereocenters. The number of aromatic nitrogens is 2. The van der Waals surface area contributed by atoms with Crippen LogP contribution in [0.15, 0.2) is 30.6 Å². The van der Waals surface area contributed by atoms with Crippen molar-refractivity contribution in [3.8, 4) is 0 Å². The van der Waals surface area contributed by atoms with Gasteiger partial charge in [0.1, 0.15) is 5.82 Å². The quantitative estimate of drug-likeness (QED) is 0.821. The molecule has 1 aliphatic heterocycles. The molecule has 0 N–H and O–H groups in total. The van der Waals surface area contributed by atoms with Gasteiger partial charge in [0.25, 0.3) is 0 Å². The van der Waals surface area contributed by atoms with Crippen LogP contribution in [0.2, 0.25) is 0 Å². The molecule has 0 aliphatic carbocycles. The largest absolute Gasteiger partial charge is 0.331 e. The Morgan fingerprint density at radius 1 is 1.24 bits per heavy atom. The lowest BCUT2D eigenvalue weighted by atomic mass is 10.1. The monoisotopic (exact) mass is 361 g/mol. The standard InChI is InChI=1S/C19H27N3O2S/c1-4-19-20-9-11-22(19)18-6-5-10-21(13-18)25(23,24)14-17-8-7-15(2)16(3)12-17/h7-9,11-12,18H,4-6,10,13-14H2,1-3H3/t18-/m0/s1. The Morgan fingerprint density at radius 2 is 2.04 bits per heavy atom. The van der Waals surface area contributed by atoms with Crippen molar-refractivity contribution in [2.24, 2.45) is 0 Å². The van der Waals surface area contributed by atoms with E-state index in [0.29, 0.717) is 13.1 Å². The van der Waals surface area contributed by atoms with Crippen molar-refractivity contribution in [1.29, 1.82) is 0 Å². The Labute approximate surface area is 150 Å². The minimum atomic E-state index is -3.31. The number of aryl methyl sites for hydroxylation is 3.